The SMILES string of the molecule is COc1ccc(C[C@H](O)CC(=O)O)cc1OC. The summed E-state index contributed by atoms with van der Waals surface area (Å²) in [4.78, 5) is 10.4. The summed E-state index contributed by atoms with van der Waals surface area (Å²) in [6.07, 6.45) is -0.897. The van der Waals surface area contributed by atoms with E-state index < -0.39 is 12.1 Å². The van der Waals surface area contributed by atoms with Gasteiger partial charge in [-0.25, -0.2) is 0 Å². The third kappa shape index (κ3) is 3.96. The van der Waals surface area contributed by atoms with Crippen molar-refractivity contribution >= 4 is 5.97 Å². The van der Waals surface area contributed by atoms with Crippen LogP contribution in [0.1, 0.15) is 12.0 Å². The Morgan fingerprint density at radius 2 is 1.94 bits per heavy atom. The van der Waals surface area contributed by atoms with Crippen LogP contribution in [0.3, 0.4) is 0 Å². The van der Waals surface area contributed by atoms with Gasteiger partial charge in [0.25, 0.3) is 0 Å². The first kappa shape index (κ1) is 13.3. The predicted octanol–water partition coefficient (Wildman–Crippen LogP) is 1.08. The van der Waals surface area contributed by atoms with E-state index >= 15 is 0 Å². The average Bonchev–Trinajstić information content (AvgIpc) is 2.27. The lowest BCUT2D eigenvalue weighted by atomic mass is 10.1. The summed E-state index contributed by atoms with van der Waals surface area (Å²) in [5, 5.41) is 18.1. The second-order valence-corrected chi connectivity index (χ2v) is 3.65. The first-order valence-corrected chi connectivity index (χ1v) is 5.17. The van der Waals surface area contributed by atoms with Gasteiger partial charge in [-0.1, -0.05) is 6.07 Å². The van der Waals surface area contributed by atoms with Gasteiger partial charge in [-0.05, 0) is 24.1 Å². The molecule has 0 aliphatic rings. The van der Waals surface area contributed by atoms with Crippen molar-refractivity contribution in [2.45, 2.75) is 18.9 Å². The van der Waals surface area contributed by atoms with Crippen molar-refractivity contribution in [3.63, 3.8) is 0 Å². The number of carboxylic acid groups (broad SMARTS) is 1. The van der Waals surface area contributed by atoms with Gasteiger partial charge in [-0.3, -0.25) is 4.79 Å². The Hall–Kier alpha value is -1.75. The summed E-state index contributed by atoms with van der Waals surface area (Å²) in [6, 6.07) is 5.22. The van der Waals surface area contributed by atoms with E-state index in [2.05, 4.69) is 0 Å². The summed E-state index contributed by atoms with van der Waals surface area (Å²) in [6.45, 7) is 0. The van der Waals surface area contributed by atoms with Crippen LogP contribution in [0.4, 0.5) is 0 Å². The van der Waals surface area contributed by atoms with Crippen molar-refractivity contribution in [3.05, 3.63) is 23.8 Å². The second kappa shape index (κ2) is 6.10. The minimum absolute atomic E-state index is 0.269. The zero-order chi connectivity index (χ0) is 12.8. The van der Waals surface area contributed by atoms with E-state index in [1.54, 1.807) is 18.2 Å². The highest BCUT2D eigenvalue weighted by molar-refractivity contribution is 5.67. The van der Waals surface area contributed by atoms with Crippen molar-refractivity contribution in [1.82, 2.24) is 0 Å². The van der Waals surface area contributed by atoms with Gasteiger partial charge < -0.3 is 19.7 Å². The molecule has 0 spiro atoms. The van der Waals surface area contributed by atoms with Gasteiger partial charge in [0, 0.05) is 0 Å². The fraction of sp³-hybridized carbons (Fsp3) is 0.417. The molecule has 0 radical (unpaired) electrons. The molecule has 0 aliphatic heterocycles. The zero-order valence-corrected chi connectivity index (χ0v) is 9.84. The molecule has 1 atom stereocenters. The summed E-state index contributed by atoms with van der Waals surface area (Å²) in [5.74, 6) is 0.148. The average molecular weight is 240 g/mol. The van der Waals surface area contributed by atoms with Crippen LogP contribution in [0.25, 0.3) is 0 Å². The fourth-order valence-electron chi connectivity index (χ4n) is 1.55. The Morgan fingerprint density at radius 3 is 2.47 bits per heavy atom. The van der Waals surface area contributed by atoms with Crippen LogP contribution in [-0.2, 0) is 11.2 Å². The lowest BCUT2D eigenvalue weighted by molar-refractivity contribution is -0.139. The minimum Gasteiger partial charge on any atom is -0.493 e. The molecule has 1 aromatic rings. The highest BCUT2D eigenvalue weighted by Crippen LogP contribution is 2.28. The lowest BCUT2D eigenvalue weighted by Crippen LogP contribution is -2.15. The maximum atomic E-state index is 10.4. The third-order valence-electron chi connectivity index (χ3n) is 2.33. The minimum atomic E-state index is -1.02. The molecular formula is C12H16O5. The molecule has 0 amide bonds. The van der Waals surface area contributed by atoms with Crippen molar-refractivity contribution in [2.75, 3.05) is 14.2 Å². The Balaban J connectivity index is 2.75. The van der Waals surface area contributed by atoms with Crippen LogP contribution in [0.2, 0.25) is 0 Å². The maximum absolute atomic E-state index is 10.4. The van der Waals surface area contributed by atoms with Crippen LogP contribution in [0.15, 0.2) is 18.2 Å². The van der Waals surface area contributed by atoms with E-state index in [1.807, 2.05) is 0 Å². The number of carboxylic acids is 1. The molecule has 1 aromatic carbocycles. The zero-order valence-electron chi connectivity index (χ0n) is 9.84. The number of rotatable bonds is 6. The van der Waals surface area contributed by atoms with Gasteiger partial charge in [-0.15, -0.1) is 0 Å². The summed E-state index contributed by atoms with van der Waals surface area (Å²) in [7, 11) is 3.06. The van der Waals surface area contributed by atoms with Gasteiger partial charge in [0.15, 0.2) is 11.5 Å². The van der Waals surface area contributed by atoms with Crippen molar-refractivity contribution in [2.24, 2.45) is 0 Å². The molecule has 1 rings (SSSR count). The van der Waals surface area contributed by atoms with Crippen molar-refractivity contribution in [1.29, 1.82) is 0 Å². The first-order chi connectivity index (χ1) is 8.06. The van der Waals surface area contributed by atoms with Gasteiger partial charge in [0.05, 0.1) is 26.7 Å². The Kier molecular flexibility index (Phi) is 4.78. The molecule has 5 nitrogen and oxygen atoms in total. The van der Waals surface area contributed by atoms with E-state index in [-0.39, 0.29) is 12.8 Å². The molecule has 0 aromatic heterocycles. The highest BCUT2D eigenvalue weighted by atomic mass is 16.5. The number of hydrogen-bond donors (Lipinski definition) is 2. The topological polar surface area (TPSA) is 76.0 Å². The molecule has 0 saturated heterocycles. The Morgan fingerprint density at radius 1 is 1.29 bits per heavy atom. The number of benzene rings is 1. The maximum Gasteiger partial charge on any atom is 0.305 e. The molecule has 0 bridgehead atoms. The molecule has 0 unspecified atom stereocenters. The number of aliphatic hydroxyl groups excluding tert-OH is 1. The van der Waals surface area contributed by atoms with Crippen LogP contribution in [-0.4, -0.2) is 36.5 Å². The monoisotopic (exact) mass is 240 g/mol. The van der Waals surface area contributed by atoms with E-state index in [1.165, 1.54) is 14.2 Å². The summed E-state index contributed by atoms with van der Waals surface area (Å²) < 4.78 is 10.2. The number of hydrogen-bond acceptors (Lipinski definition) is 4. The van der Waals surface area contributed by atoms with Gasteiger partial charge in [0.1, 0.15) is 0 Å². The molecule has 0 heterocycles. The molecule has 17 heavy (non-hydrogen) atoms. The summed E-state index contributed by atoms with van der Waals surface area (Å²) in [5.41, 5.74) is 0.802. The smallest absolute Gasteiger partial charge is 0.305 e. The summed E-state index contributed by atoms with van der Waals surface area (Å²) >= 11 is 0. The van der Waals surface area contributed by atoms with E-state index in [0.717, 1.165) is 5.56 Å². The fourth-order valence-corrected chi connectivity index (χ4v) is 1.55. The molecule has 0 saturated carbocycles. The Labute approximate surface area is 99.6 Å². The van der Waals surface area contributed by atoms with Crippen LogP contribution < -0.4 is 9.47 Å². The molecular weight excluding hydrogens is 224 g/mol. The van der Waals surface area contributed by atoms with Crippen LogP contribution in [0, 0.1) is 0 Å². The normalized spacial score (nSPS) is 11.9. The number of methoxy groups -OCH3 is 2. The molecule has 0 aliphatic carbocycles. The van der Waals surface area contributed by atoms with Gasteiger partial charge in [-0.2, -0.15) is 0 Å². The van der Waals surface area contributed by atoms with E-state index in [4.69, 9.17) is 14.6 Å². The molecule has 94 valence electrons. The Bertz CT molecular complexity index is 388. The van der Waals surface area contributed by atoms with Gasteiger partial charge in [0.2, 0.25) is 0 Å². The second-order valence-electron chi connectivity index (χ2n) is 3.65. The van der Waals surface area contributed by atoms with Crippen LogP contribution in [0.5, 0.6) is 11.5 Å². The number of carbonyl (C=O) groups is 1. The third-order valence-corrected chi connectivity index (χ3v) is 2.33. The molecule has 5 heteroatoms. The molecule has 0 fully saturated rings. The van der Waals surface area contributed by atoms with Gasteiger partial charge >= 0.3 is 5.97 Å². The van der Waals surface area contributed by atoms with Crippen molar-refractivity contribution in [3.8, 4) is 11.5 Å². The number of aliphatic hydroxyl groups is 1. The van der Waals surface area contributed by atoms with E-state index in [0.29, 0.717) is 11.5 Å². The predicted molar refractivity (Wildman–Crippen MR) is 61.5 cm³/mol. The van der Waals surface area contributed by atoms with Crippen molar-refractivity contribution < 1.29 is 24.5 Å². The quantitative estimate of drug-likeness (QED) is 0.778. The van der Waals surface area contributed by atoms with Crippen LogP contribution >= 0.6 is 0 Å². The number of aliphatic carboxylic acids is 1. The first-order valence-electron chi connectivity index (χ1n) is 5.17. The molecule has 2 N–H and O–H groups in total. The highest BCUT2D eigenvalue weighted by Gasteiger charge is 2.12. The largest absolute Gasteiger partial charge is 0.493 e. The number of ether oxygens (including phenoxy) is 2. The standard InChI is InChI=1S/C12H16O5/c1-16-10-4-3-8(6-11(10)17-2)5-9(13)7-12(14)15/h3-4,6,9,13H,5,7H2,1-2H3,(H,14,15)/t9-/m0/s1. The van der Waals surface area contributed by atoms with E-state index in [9.17, 15) is 9.90 Å². The lowest BCUT2D eigenvalue weighted by Gasteiger charge is -2.11.